The Bertz CT molecular complexity index is 205. The first kappa shape index (κ1) is 10.4. The van der Waals surface area contributed by atoms with E-state index in [1.54, 1.807) is 0 Å². The molecule has 0 aromatic rings. The van der Waals surface area contributed by atoms with Crippen molar-refractivity contribution >= 4 is 0 Å². The molecule has 3 fully saturated rings. The zero-order valence-electron chi connectivity index (χ0n) is 9.48. The molecule has 3 aliphatic rings. The van der Waals surface area contributed by atoms with Gasteiger partial charge in [0, 0.05) is 37.8 Å². The largest absolute Gasteiger partial charge is 0.393 e. The predicted molar refractivity (Wildman–Crippen MR) is 57.3 cm³/mol. The first-order valence-electron chi connectivity index (χ1n) is 5.77. The summed E-state index contributed by atoms with van der Waals surface area (Å²) < 4.78 is 0. The molecule has 0 radical (unpaired) electrons. The smallest absolute Gasteiger partial charge is 0.0527 e. The molecule has 2 bridgehead atoms. The Morgan fingerprint density at radius 1 is 1.29 bits per heavy atom. The zero-order valence-corrected chi connectivity index (χ0v) is 9.48. The topological polar surface area (TPSA) is 26.7 Å². The minimum Gasteiger partial charge on any atom is -0.393 e. The number of rotatable bonds is 2. The van der Waals surface area contributed by atoms with Gasteiger partial charge >= 0.3 is 0 Å². The van der Waals surface area contributed by atoms with Crippen LogP contribution >= 0.6 is 0 Å². The molecule has 6 atom stereocenters. The van der Waals surface area contributed by atoms with Crippen LogP contribution in [-0.2, 0) is 0 Å². The Morgan fingerprint density at radius 2 is 2.00 bits per heavy atom. The van der Waals surface area contributed by atoms with Crippen molar-refractivity contribution in [3.8, 4) is 0 Å². The van der Waals surface area contributed by atoms with Crippen molar-refractivity contribution < 1.29 is 5.11 Å². The molecule has 14 heavy (non-hydrogen) atoms. The monoisotopic (exact) mass is 198 g/mol. The van der Waals surface area contributed by atoms with Crippen LogP contribution in [0.1, 0.15) is 27.2 Å². The SMILES string of the molecule is CC(O)CC1CN2CCN1C(C)C2C. The molecule has 82 valence electrons. The minimum absolute atomic E-state index is 0.164. The highest BCUT2D eigenvalue weighted by Gasteiger charge is 2.41. The highest BCUT2D eigenvalue weighted by atomic mass is 16.3. The standard InChI is InChI=1S/C11H22N2O/c1-8(14)6-11-7-12-4-5-13(11)10(3)9(12)2/h8-11,14H,4-7H2,1-3H3. The van der Waals surface area contributed by atoms with E-state index in [-0.39, 0.29) is 6.10 Å². The van der Waals surface area contributed by atoms with Crippen LogP contribution in [0.2, 0.25) is 0 Å². The first-order chi connectivity index (χ1) is 6.59. The number of aliphatic hydroxyl groups excluding tert-OH is 1. The molecular weight excluding hydrogens is 176 g/mol. The van der Waals surface area contributed by atoms with Crippen LogP contribution in [0.4, 0.5) is 0 Å². The summed E-state index contributed by atoms with van der Waals surface area (Å²) in [5.41, 5.74) is 0. The van der Waals surface area contributed by atoms with Crippen LogP contribution in [-0.4, -0.2) is 58.8 Å². The van der Waals surface area contributed by atoms with Gasteiger partial charge in [-0.1, -0.05) is 0 Å². The molecule has 3 aliphatic heterocycles. The lowest BCUT2D eigenvalue weighted by Gasteiger charge is -2.55. The van der Waals surface area contributed by atoms with Crippen molar-refractivity contribution in [2.24, 2.45) is 0 Å². The van der Waals surface area contributed by atoms with E-state index in [1.807, 2.05) is 6.92 Å². The van der Waals surface area contributed by atoms with Crippen molar-refractivity contribution in [2.75, 3.05) is 19.6 Å². The van der Waals surface area contributed by atoms with Crippen molar-refractivity contribution in [3.05, 3.63) is 0 Å². The Morgan fingerprint density at radius 3 is 2.57 bits per heavy atom. The fourth-order valence-corrected chi connectivity index (χ4v) is 2.99. The molecule has 0 amide bonds. The van der Waals surface area contributed by atoms with Crippen molar-refractivity contribution in [1.82, 2.24) is 9.80 Å². The Labute approximate surface area is 86.7 Å². The van der Waals surface area contributed by atoms with Crippen molar-refractivity contribution in [2.45, 2.75) is 51.4 Å². The van der Waals surface area contributed by atoms with Crippen LogP contribution in [0.5, 0.6) is 0 Å². The highest BCUT2D eigenvalue weighted by molar-refractivity contribution is 4.97. The third kappa shape index (κ3) is 1.69. The Balaban J connectivity index is 2.03. The fourth-order valence-electron chi connectivity index (χ4n) is 2.99. The molecular formula is C11H22N2O. The normalized spacial score (nSPS) is 49.3. The molecule has 0 spiro atoms. The number of aliphatic hydroxyl groups is 1. The molecule has 3 heteroatoms. The third-order valence-electron chi connectivity index (χ3n) is 3.97. The summed E-state index contributed by atoms with van der Waals surface area (Å²) in [7, 11) is 0. The lowest BCUT2D eigenvalue weighted by atomic mass is 9.93. The second-order valence-electron chi connectivity index (χ2n) is 4.95. The number of fused-ring (bicyclic) bond motifs is 3. The number of nitrogens with zero attached hydrogens (tertiary/aromatic N) is 2. The average Bonchev–Trinajstić information content (AvgIpc) is 2.12. The van der Waals surface area contributed by atoms with E-state index in [0.29, 0.717) is 18.1 Å². The van der Waals surface area contributed by atoms with Crippen LogP contribution in [0.15, 0.2) is 0 Å². The van der Waals surface area contributed by atoms with Gasteiger partial charge in [0.2, 0.25) is 0 Å². The van der Waals surface area contributed by atoms with Gasteiger partial charge in [-0.3, -0.25) is 9.80 Å². The molecule has 1 N–H and O–H groups in total. The lowest BCUT2D eigenvalue weighted by Crippen LogP contribution is -2.68. The molecule has 0 aromatic heterocycles. The summed E-state index contributed by atoms with van der Waals surface area (Å²) in [6.07, 6.45) is 0.760. The lowest BCUT2D eigenvalue weighted by molar-refractivity contribution is -0.0734. The summed E-state index contributed by atoms with van der Waals surface area (Å²) in [6.45, 7) is 10.1. The van der Waals surface area contributed by atoms with Gasteiger partial charge in [-0.15, -0.1) is 0 Å². The maximum Gasteiger partial charge on any atom is 0.0527 e. The first-order valence-corrected chi connectivity index (χ1v) is 5.77. The summed E-state index contributed by atoms with van der Waals surface area (Å²) in [5, 5.41) is 9.44. The second kappa shape index (κ2) is 3.80. The number of hydrogen-bond acceptors (Lipinski definition) is 3. The van der Waals surface area contributed by atoms with E-state index < -0.39 is 0 Å². The molecule has 3 heterocycles. The molecule has 0 aliphatic carbocycles. The molecule has 6 unspecified atom stereocenters. The summed E-state index contributed by atoms with van der Waals surface area (Å²) in [5.74, 6) is 0. The van der Waals surface area contributed by atoms with E-state index in [9.17, 15) is 5.11 Å². The van der Waals surface area contributed by atoms with Gasteiger partial charge in [0.1, 0.15) is 0 Å². The van der Waals surface area contributed by atoms with Crippen LogP contribution < -0.4 is 0 Å². The predicted octanol–water partition coefficient (Wildman–Crippen LogP) is 0.534. The van der Waals surface area contributed by atoms with Gasteiger partial charge in [-0.2, -0.15) is 0 Å². The Hall–Kier alpha value is -0.120. The highest BCUT2D eigenvalue weighted by Crippen LogP contribution is 2.28. The van der Waals surface area contributed by atoms with Gasteiger partial charge in [-0.05, 0) is 27.2 Å². The fraction of sp³-hybridized carbons (Fsp3) is 1.00. The van der Waals surface area contributed by atoms with E-state index >= 15 is 0 Å². The number of piperazine rings is 3. The third-order valence-corrected chi connectivity index (χ3v) is 3.97. The van der Waals surface area contributed by atoms with Gasteiger partial charge in [0.15, 0.2) is 0 Å². The molecule has 3 nitrogen and oxygen atoms in total. The van der Waals surface area contributed by atoms with E-state index in [4.69, 9.17) is 0 Å². The minimum atomic E-state index is -0.164. The van der Waals surface area contributed by atoms with Gasteiger partial charge < -0.3 is 5.11 Å². The van der Waals surface area contributed by atoms with Crippen molar-refractivity contribution in [3.63, 3.8) is 0 Å². The maximum absolute atomic E-state index is 9.44. The van der Waals surface area contributed by atoms with Crippen LogP contribution in [0, 0.1) is 0 Å². The quantitative estimate of drug-likeness (QED) is 0.701. The molecule has 3 rings (SSSR count). The molecule has 3 saturated heterocycles. The van der Waals surface area contributed by atoms with Gasteiger partial charge in [0.25, 0.3) is 0 Å². The Kier molecular flexibility index (Phi) is 2.82. The summed E-state index contributed by atoms with van der Waals surface area (Å²) >= 11 is 0. The van der Waals surface area contributed by atoms with Crippen LogP contribution in [0.3, 0.4) is 0 Å². The van der Waals surface area contributed by atoms with Gasteiger partial charge in [-0.25, -0.2) is 0 Å². The molecule has 0 aromatic carbocycles. The summed E-state index contributed by atoms with van der Waals surface area (Å²) in [4.78, 5) is 5.15. The maximum atomic E-state index is 9.44. The van der Waals surface area contributed by atoms with Crippen molar-refractivity contribution in [1.29, 1.82) is 0 Å². The van der Waals surface area contributed by atoms with E-state index in [1.165, 1.54) is 13.1 Å². The molecule has 0 saturated carbocycles. The van der Waals surface area contributed by atoms with Crippen LogP contribution in [0.25, 0.3) is 0 Å². The van der Waals surface area contributed by atoms with E-state index in [2.05, 4.69) is 23.6 Å². The summed E-state index contributed by atoms with van der Waals surface area (Å²) in [6, 6.07) is 1.92. The van der Waals surface area contributed by atoms with E-state index in [0.717, 1.165) is 13.0 Å². The number of hydrogen-bond donors (Lipinski definition) is 1. The zero-order chi connectivity index (χ0) is 10.3. The average molecular weight is 198 g/mol. The van der Waals surface area contributed by atoms with Gasteiger partial charge in [0.05, 0.1) is 6.10 Å². The second-order valence-corrected chi connectivity index (χ2v) is 4.95.